The first kappa shape index (κ1) is 15.5. The van der Waals surface area contributed by atoms with Crippen molar-refractivity contribution in [2.75, 3.05) is 0 Å². The third-order valence-electron chi connectivity index (χ3n) is 5.81. The number of hydrogen-bond acceptors (Lipinski definition) is 2. The van der Waals surface area contributed by atoms with Crippen LogP contribution >= 0.6 is 0 Å². The molecule has 2 aliphatic rings. The quantitative estimate of drug-likeness (QED) is 0.336. The lowest BCUT2D eigenvalue weighted by atomic mass is 9.90. The SMILES string of the molecule is C1=CC(N=NC2C=Cc3cccc4cccc2c34)c2cccc3cccc1c23. The van der Waals surface area contributed by atoms with E-state index in [1.807, 2.05) is 0 Å². The Morgan fingerprint density at radius 1 is 0.500 bits per heavy atom. The molecule has 0 bridgehead atoms. The molecule has 0 spiro atoms. The van der Waals surface area contributed by atoms with Gasteiger partial charge in [-0.15, -0.1) is 0 Å². The molecule has 6 rings (SSSR count). The lowest BCUT2D eigenvalue weighted by Gasteiger charge is -2.20. The minimum atomic E-state index is -0.0385. The van der Waals surface area contributed by atoms with Gasteiger partial charge in [0.05, 0.1) is 0 Å². The summed E-state index contributed by atoms with van der Waals surface area (Å²) in [6, 6.07) is 25.7. The summed E-state index contributed by atoms with van der Waals surface area (Å²) in [6.07, 6.45) is 8.65. The Labute approximate surface area is 163 Å². The van der Waals surface area contributed by atoms with Crippen molar-refractivity contribution in [1.82, 2.24) is 0 Å². The normalized spacial score (nSPS) is 19.7. The molecule has 2 atom stereocenters. The first-order chi connectivity index (χ1) is 13.9. The van der Waals surface area contributed by atoms with Gasteiger partial charge in [0.25, 0.3) is 0 Å². The van der Waals surface area contributed by atoms with Gasteiger partial charge in [-0.3, -0.25) is 0 Å². The van der Waals surface area contributed by atoms with Crippen LogP contribution in [-0.2, 0) is 0 Å². The molecule has 0 aliphatic heterocycles. The van der Waals surface area contributed by atoms with E-state index in [1.54, 1.807) is 0 Å². The Hall–Kier alpha value is -3.52. The van der Waals surface area contributed by atoms with Crippen LogP contribution in [-0.4, -0.2) is 0 Å². The Kier molecular flexibility index (Phi) is 3.33. The highest BCUT2D eigenvalue weighted by molar-refractivity contribution is 5.96. The molecule has 2 heteroatoms. The van der Waals surface area contributed by atoms with Crippen LogP contribution < -0.4 is 0 Å². The maximum Gasteiger partial charge on any atom is 0.115 e. The highest BCUT2D eigenvalue weighted by atomic mass is 15.1. The van der Waals surface area contributed by atoms with Crippen LogP contribution in [0.3, 0.4) is 0 Å². The maximum atomic E-state index is 4.78. The smallest absolute Gasteiger partial charge is 0.115 e. The van der Waals surface area contributed by atoms with E-state index in [0.717, 1.165) is 0 Å². The average molecular weight is 358 g/mol. The van der Waals surface area contributed by atoms with E-state index in [1.165, 1.54) is 43.8 Å². The first-order valence-electron chi connectivity index (χ1n) is 9.68. The van der Waals surface area contributed by atoms with E-state index in [9.17, 15) is 0 Å². The second-order valence-corrected chi connectivity index (χ2v) is 7.42. The minimum absolute atomic E-state index is 0.0385. The molecule has 0 fully saturated rings. The summed E-state index contributed by atoms with van der Waals surface area (Å²) in [4.78, 5) is 0. The second-order valence-electron chi connectivity index (χ2n) is 7.42. The van der Waals surface area contributed by atoms with Gasteiger partial charge in [-0.1, -0.05) is 97.1 Å². The third kappa shape index (κ3) is 2.28. The standard InChI is InChI=1S/C26H18N2/c1-5-17-9-3-11-21-23(15-13-19(7-1)25(17)21)27-28-24-16-14-20-8-2-6-18-10-4-12-22(24)26(18)20/h1-16,23-24H. The highest BCUT2D eigenvalue weighted by Gasteiger charge is 2.20. The molecule has 0 aromatic heterocycles. The van der Waals surface area contributed by atoms with Crippen molar-refractivity contribution in [1.29, 1.82) is 0 Å². The summed E-state index contributed by atoms with van der Waals surface area (Å²) >= 11 is 0. The molecule has 0 saturated heterocycles. The summed E-state index contributed by atoms with van der Waals surface area (Å²) in [5.41, 5.74) is 4.99. The van der Waals surface area contributed by atoms with Crippen molar-refractivity contribution in [3.05, 3.63) is 107 Å². The van der Waals surface area contributed by atoms with Gasteiger partial charge in [-0.25, -0.2) is 0 Å². The van der Waals surface area contributed by atoms with Gasteiger partial charge in [0.15, 0.2) is 0 Å². The fraction of sp³-hybridized carbons (Fsp3) is 0.0769. The van der Waals surface area contributed by atoms with Crippen molar-refractivity contribution < 1.29 is 0 Å². The fourth-order valence-corrected chi connectivity index (χ4v) is 4.51. The monoisotopic (exact) mass is 358 g/mol. The Balaban J connectivity index is 1.42. The zero-order chi connectivity index (χ0) is 18.5. The summed E-state index contributed by atoms with van der Waals surface area (Å²) in [7, 11) is 0. The minimum Gasteiger partial charge on any atom is -0.181 e. The van der Waals surface area contributed by atoms with Gasteiger partial charge in [0.2, 0.25) is 0 Å². The zero-order valence-corrected chi connectivity index (χ0v) is 15.3. The number of hydrogen-bond donors (Lipinski definition) is 0. The lowest BCUT2D eigenvalue weighted by molar-refractivity contribution is 0.737. The van der Waals surface area contributed by atoms with E-state index < -0.39 is 0 Å². The largest absolute Gasteiger partial charge is 0.181 e. The van der Waals surface area contributed by atoms with Crippen molar-refractivity contribution in [3.8, 4) is 0 Å². The van der Waals surface area contributed by atoms with Gasteiger partial charge in [0, 0.05) is 0 Å². The molecule has 0 saturated carbocycles. The molecule has 4 aromatic carbocycles. The fourth-order valence-electron chi connectivity index (χ4n) is 4.51. The second kappa shape index (κ2) is 6.00. The van der Waals surface area contributed by atoms with Crippen LogP contribution in [0.2, 0.25) is 0 Å². The van der Waals surface area contributed by atoms with E-state index >= 15 is 0 Å². The van der Waals surface area contributed by atoms with Crippen molar-refractivity contribution in [3.63, 3.8) is 0 Å². The maximum absolute atomic E-state index is 4.78. The Bertz CT molecular complexity index is 1210. The molecule has 2 nitrogen and oxygen atoms in total. The lowest BCUT2D eigenvalue weighted by Crippen LogP contribution is -2.01. The number of azo groups is 1. The molecular formula is C26H18N2. The predicted molar refractivity (Wildman–Crippen MR) is 116 cm³/mol. The highest BCUT2D eigenvalue weighted by Crippen LogP contribution is 2.38. The molecule has 0 N–H and O–H groups in total. The molecule has 0 amide bonds. The summed E-state index contributed by atoms with van der Waals surface area (Å²) in [5.74, 6) is 0. The van der Waals surface area contributed by atoms with Crippen LogP contribution in [0.4, 0.5) is 0 Å². The van der Waals surface area contributed by atoms with Gasteiger partial charge in [0.1, 0.15) is 12.1 Å². The van der Waals surface area contributed by atoms with Crippen LogP contribution in [0.25, 0.3) is 33.7 Å². The summed E-state index contributed by atoms with van der Waals surface area (Å²) in [6.45, 7) is 0. The average Bonchev–Trinajstić information content (AvgIpc) is 2.75. The van der Waals surface area contributed by atoms with Crippen LogP contribution in [0.15, 0.2) is 95.2 Å². The Morgan fingerprint density at radius 3 is 1.39 bits per heavy atom. The molecule has 2 aliphatic carbocycles. The topological polar surface area (TPSA) is 24.7 Å². The number of benzene rings is 4. The summed E-state index contributed by atoms with van der Waals surface area (Å²) < 4.78 is 0. The van der Waals surface area contributed by atoms with Crippen molar-refractivity contribution >= 4 is 33.7 Å². The molecule has 4 aromatic rings. The van der Waals surface area contributed by atoms with Gasteiger partial charge < -0.3 is 0 Å². The molecule has 2 unspecified atom stereocenters. The molecule has 28 heavy (non-hydrogen) atoms. The van der Waals surface area contributed by atoms with Crippen molar-refractivity contribution in [2.45, 2.75) is 12.1 Å². The first-order valence-corrected chi connectivity index (χ1v) is 9.68. The number of nitrogens with zero attached hydrogens (tertiary/aromatic N) is 2. The van der Waals surface area contributed by atoms with Crippen molar-refractivity contribution in [2.24, 2.45) is 10.2 Å². The summed E-state index contributed by atoms with van der Waals surface area (Å²) in [5, 5.41) is 14.7. The molecular weight excluding hydrogens is 340 g/mol. The molecule has 0 radical (unpaired) electrons. The van der Waals surface area contributed by atoms with Crippen LogP contribution in [0.1, 0.15) is 34.3 Å². The Morgan fingerprint density at radius 2 is 0.929 bits per heavy atom. The van der Waals surface area contributed by atoms with E-state index in [0.29, 0.717) is 0 Å². The van der Waals surface area contributed by atoms with E-state index in [4.69, 9.17) is 10.2 Å². The van der Waals surface area contributed by atoms with Crippen LogP contribution in [0.5, 0.6) is 0 Å². The van der Waals surface area contributed by atoms with Gasteiger partial charge >= 0.3 is 0 Å². The third-order valence-corrected chi connectivity index (χ3v) is 5.81. The van der Waals surface area contributed by atoms with E-state index in [-0.39, 0.29) is 12.1 Å². The van der Waals surface area contributed by atoms with Gasteiger partial charge in [-0.05, 0) is 43.8 Å². The predicted octanol–water partition coefficient (Wildman–Crippen LogP) is 7.28. The van der Waals surface area contributed by atoms with E-state index in [2.05, 4.69) is 97.1 Å². The van der Waals surface area contributed by atoms with Gasteiger partial charge in [-0.2, -0.15) is 10.2 Å². The van der Waals surface area contributed by atoms with Crippen LogP contribution in [0, 0.1) is 0 Å². The number of rotatable bonds is 2. The zero-order valence-electron chi connectivity index (χ0n) is 15.3. The molecule has 132 valence electrons. The molecule has 0 heterocycles.